The fourth-order valence-corrected chi connectivity index (χ4v) is 6.14. The quantitative estimate of drug-likeness (QED) is 0.407. The highest BCUT2D eigenvalue weighted by molar-refractivity contribution is 7.91. The van der Waals surface area contributed by atoms with E-state index in [-0.39, 0.29) is 24.5 Å². The number of rotatable bonds is 8. The van der Waals surface area contributed by atoms with Crippen molar-refractivity contribution in [3.05, 3.63) is 65.9 Å². The van der Waals surface area contributed by atoms with E-state index in [1.807, 2.05) is 37.3 Å². The van der Waals surface area contributed by atoms with Gasteiger partial charge in [0.1, 0.15) is 12.4 Å². The van der Waals surface area contributed by atoms with Crippen LogP contribution in [0.1, 0.15) is 30.5 Å². The maximum absolute atomic E-state index is 13.2. The summed E-state index contributed by atoms with van der Waals surface area (Å²) in [5.41, 5.74) is 2.53. The van der Waals surface area contributed by atoms with E-state index in [0.717, 1.165) is 22.2 Å². The predicted molar refractivity (Wildman–Crippen MR) is 132 cm³/mol. The molecule has 0 spiro atoms. The van der Waals surface area contributed by atoms with Crippen molar-refractivity contribution in [3.63, 3.8) is 0 Å². The van der Waals surface area contributed by atoms with Gasteiger partial charge in [-0.3, -0.25) is 9.78 Å². The van der Waals surface area contributed by atoms with Gasteiger partial charge >= 0.3 is 12.1 Å². The van der Waals surface area contributed by atoms with E-state index in [0.29, 0.717) is 12.2 Å². The van der Waals surface area contributed by atoms with E-state index in [1.165, 1.54) is 29.7 Å². The lowest BCUT2D eigenvalue weighted by atomic mass is 9.98. The first-order chi connectivity index (χ1) is 18.4. The lowest BCUT2D eigenvalue weighted by Crippen LogP contribution is -2.43. The number of halogens is 3. The molecular formula is C26H25F3N2O7S. The van der Waals surface area contributed by atoms with Gasteiger partial charge in [0.25, 0.3) is 5.91 Å². The molecule has 0 bridgehead atoms. The number of ether oxygens (including phenoxy) is 2. The zero-order chi connectivity index (χ0) is 28.3. The van der Waals surface area contributed by atoms with E-state index in [9.17, 15) is 31.2 Å². The molecule has 13 heteroatoms. The summed E-state index contributed by atoms with van der Waals surface area (Å²) in [6, 6.07) is 15.3. The molecule has 1 aromatic heterocycles. The molecule has 1 saturated heterocycles. The monoisotopic (exact) mass is 566 g/mol. The summed E-state index contributed by atoms with van der Waals surface area (Å²) in [4.78, 5) is 31.2. The van der Waals surface area contributed by atoms with Gasteiger partial charge in [-0.25, -0.2) is 13.2 Å². The Kier molecular flexibility index (Phi) is 8.12. The molecular weight excluding hydrogens is 541 g/mol. The molecule has 1 aliphatic heterocycles. The van der Waals surface area contributed by atoms with Crippen molar-refractivity contribution in [2.45, 2.75) is 49.5 Å². The third kappa shape index (κ3) is 7.03. The number of fused-ring (bicyclic) bond motifs is 1. The van der Waals surface area contributed by atoms with Crippen molar-refractivity contribution in [1.82, 2.24) is 10.5 Å². The highest BCUT2D eigenvalue weighted by Gasteiger charge is 2.44. The first-order valence-electron chi connectivity index (χ1n) is 11.9. The number of aryl methyl sites for hydroxylation is 1. The number of pyridine rings is 1. The molecule has 0 aliphatic carbocycles. The largest absolute Gasteiger partial charge is 0.493 e. The summed E-state index contributed by atoms with van der Waals surface area (Å²) in [5.74, 6) is -3.87. The summed E-state index contributed by atoms with van der Waals surface area (Å²) in [6.45, 7) is 2.29. The number of para-hydroxylation sites is 1. The van der Waals surface area contributed by atoms with Crippen LogP contribution in [0, 0.1) is 6.92 Å². The Bertz CT molecular complexity index is 1470. The van der Waals surface area contributed by atoms with Crippen molar-refractivity contribution in [2.24, 2.45) is 0 Å². The summed E-state index contributed by atoms with van der Waals surface area (Å²) in [7, 11) is -3.98. The van der Waals surface area contributed by atoms with Crippen LogP contribution in [0.4, 0.5) is 13.2 Å². The number of nitrogens with one attached hydrogen (secondary N) is 1. The third-order valence-electron chi connectivity index (χ3n) is 6.12. The van der Waals surface area contributed by atoms with Gasteiger partial charge < -0.3 is 14.3 Å². The van der Waals surface area contributed by atoms with Crippen molar-refractivity contribution >= 4 is 32.6 Å². The van der Waals surface area contributed by atoms with Crippen molar-refractivity contribution in [1.29, 1.82) is 0 Å². The van der Waals surface area contributed by atoms with Crippen LogP contribution in [-0.4, -0.2) is 49.4 Å². The smallest absolute Gasteiger partial charge is 0.489 e. The molecule has 1 amide bonds. The highest BCUT2D eigenvalue weighted by Crippen LogP contribution is 2.33. The molecule has 208 valence electrons. The lowest BCUT2D eigenvalue weighted by molar-refractivity contribution is -0.207. The summed E-state index contributed by atoms with van der Waals surface area (Å²) in [5, 5.41) is 0.946. The van der Waals surface area contributed by atoms with Crippen LogP contribution in [0.3, 0.4) is 0 Å². The molecule has 1 atom stereocenters. The number of alkyl halides is 3. The van der Waals surface area contributed by atoms with Gasteiger partial charge in [-0.15, -0.1) is 0 Å². The van der Waals surface area contributed by atoms with E-state index in [2.05, 4.69) is 9.82 Å². The zero-order valence-corrected chi connectivity index (χ0v) is 21.6. The van der Waals surface area contributed by atoms with Crippen LogP contribution in [-0.2, 0) is 35.6 Å². The molecule has 0 radical (unpaired) electrons. The molecule has 1 N–H and O–H groups in total. The lowest BCUT2D eigenvalue weighted by Gasteiger charge is -2.27. The first-order valence-corrected chi connectivity index (χ1v) is 13.5. The molecule has 1 aliphatic rings. The van der Waals surface area contributed by atoms with E-state index in [1.54, 1.807) is 0 Å². The van der Waals surface area contributed by atoms with Crippen LogP contribution in [0.2, 0.25) is 0 Å². The topological polar surface area (TPSA) is 121 Å². The Balaban J connectivity index is 1.41. The number of amides is 1. The average Bonchev–Trinajstić information content (AvgIpc) is 3.32. The highest BCUT2D eigenvalue weighted by atomic mass is 32.2. The van der Waals surface area contributed by atoms with Gasteiger partial charge in [0.15, 0.2) is 9.84 Å². The maximum Gasteiger partial charge on any atom is 0.493 e. The van der Waals surface area contributed by atoms with Gasteiger partial charge in [0.2, 0.25) is 0 Å². The molecule has 0 saturated carbocycles. The molecule has 9 nitrogen and oxygen atoms in total. The minimum Gasteiger partial charge on any atom is -0.489 e. The Morgan fingerprint density at radius 1 is 1.13 bits per heavy atom. The number of nitrogens with zero attached hydrogens (tertiary/aromatic N) is 1. The fourth-order valence-electron chi connectivity index (χ4n) is 4.40. The molecule has 4 rings (SSSR count). The SMILES string of the molecule is Cc1cc(COc2ccc(S(=O)(=O)CC3(CC(=O)NOC(=O)C(F)(F)F)CCCO3)cc2)c2ccccc2n1. The minimum absolute atomic E-state index is 0.0427. The second-order valence-corrected chi connectivity index (χ2v) is 11.2. The van der Waals surface area contributed by atoms with Crippen molar-refractivity contribution in [2.75, 3.05) is 12.4 Å². The second-order valence-electron chi connectivity index (χ2n) is 9.18. The molecule has 3 aromatic rings. The number of benzene rings is 2. The van der Waals surface area contributed by atoms with E-state index >= 15 is 0 Å². The molecule has 39 heavy (non-hydrogen) atoms. The Labute approximate surface area is 222 Å². The van der Waals surface area contributed by atoms with Crippen molar-refractivity contribution in [3.8, 4) is 5.75 Å². The number of sulfone groups is 1. The van der Waals surface area contributed by atoms with Crippen molar-refractivity contribution < 1.29 is 45.5 Å². The second kappa shape index (κ2) is 11.2. The zero-order valence-electron chi connectivity index (χ0n) is 20.8. The van der Waals surface area contributed by atoms with Gasteiger partial charge in [-0.2, -0.15) is 18.7 Å². The van der Waals surface area contributed by atoms with Gasteiger partial charge in [0.05, 0.1) is 28.2 Å². The normalized spacial score (nSPS) is 17.6. The van der Waals surface area contributed by atoms with Crippen LogP contribution >= 0.6 is 0 Å². The molecule has 1 unspecified atom stereocenters. The number of carbonyl (C=O) groups is 2. The van der Waals surface area contributed by atoms with E-state index < -0.39 is 45.7 Å². The molecule has 2 heterocycles. The number of hydrogen-bond donors (Lipinski definition) is 1. The third-order valence-corrected chi connectivity index (χ3v) is 8.01. The van der Waals surface area contributed by atoms with Gasteiger partial charge in [0, 0.05) is 23.3 Å². The summed E-state index contributed by atoms with van der Waals surface area (Å²) >= 11 is 0. The maximum atomic E-state index is 13.2. The minimum atomic E-state index is -5.29. The predicted octanol–water partition coefficient (Wildman–Crippen LogP) is 3.97. The Morgan fingerprint density at radius 3 is 2.51 bits per heavy atom. The van der Waals surface area contributed by atoms with Gasteiger partial charge in [-0.05, 0) is 56.2 Å². The van der Waals surface area contributed by atoms with E-state index in [4.69, 9.17) is 9.47 Å². The fraction of sp³-hybridized carbons (Fsp3) is 0.346. The number of aromatic nitrogens is 1. The molecule has 1 fully saturated rings. The Morgan fingerprint density at radius 2 is 1.85 bits per heavy atom. The summed E-state index contributed by atoms with van der Waals surface area (Å²) in [6.07, 6.45) is -5.29. The Hall–Kier alpha value is -3.71. The molecule has 2 aromatic carbocycles. The standard InChI is InChI=1S/C26H25F3N2O7S/c1-17-13-18(21-5-2-3-6-22(21)30-17)15-36-19-7-9-20(10-8-19)39(34,35)16-25(11-4-12-37-25)14-23(32)31-38-24(33)26(27,28)29/h2-3,5-10,13H,4,11-12,14-16H2,1H3,(H,31,32). The van der Waals surface area contributed by atoms with Crippen LogP contribution in [0.15, 0.2) is 59.5 Å². The van der Waals surface area contributed by atoms with Crippen LogP contribution < -0.4 is 10.2 Å². The summed E-state index contributed by atoms with van der Waals surface area (Å²) < 4.78 is 74.6. The number of hydroxylamine groups is 1. The van der Waals surface area contributed by atoms with Crippen LogP contribution in [0.5, 0.6) is 5.75 Å². The average molecular weight is 567 g/mol. The van der Waals surface area contributed by atoms with Gasteiger partial charge in [-0.1, -0.05) is 18.2 Å². The number of carbonyl (C=O) groups excluding carboxylic acids is 2. The van der Waals surface area contributed by atoms with Crippen LogP contribution in [0.25, 0.3) is 10.9 Å². The first kappa shape index (κ1) is 28.3. The number of hydrogen-bond acceptors (Lipinski definition) is 8.